The van der Waals surface area contributed by atoms with Crippen molar-refractivity contribution in [1.82, 2.24) is 4.90 Å². The molecule has 1 atom stereocenters. The van der Waals surface area contributed by atoms with Gasteiger partial charge in [-0.3, -0.25) is 4.79 Å². The van der Waals surface area contributed by atoms with E-state index in [2.05, 4.69) is 17.3 Å². The summed E-state index contributed by atoms with van der Waals surface area (Å²) >= 11 is 5.80. The summed E-state index contributed by atoms with van der Waals surface area (Å²) in [6.07, 6.45) is 4.15. The molecule has 3 nitrogen and oxygen atoms in total. The third-order valence-corrected chi connectivity index (χ3v) is 3.72. The summed E-state index contributed by atoms with van der Waals surface area (Å²) in [6.45, 7) is 1.10. The Morgan fingerprint density at radius 1 is 1.39 bits per heavy atom. The Balaban J connectivity index is 1.86. The van der Waals surface area contributed by atoms with Gasteiger partial charge in [0.1, 0.15) is 0 Å². The number of carbonyl (C=O) groups excluding carboxylic acids is 1. The fourth-order valence-electron chi connectivity index (χ4n) is 2.36. The summed E-state index contributed by atoms with van der Waals surface area (Å²) in [6, 6.07) is 7.59. The minimum Gasteiger partial charge on any atom is -0.326 e. The number of rotatable bonds is 3. The maximum Gasteiger partial charge on any atom is 0.225 e. The molecule has 1 aromatic rings. The second-order valence-corrected chi connectivity index (χ2v) is 5.33. The Morgan fingerprint density at radius 3 is 2.78 bits per heavy atom. The molecule has 1 aromatic carbocycles. The SMILES string of the molecule is CN1CCCCC1CC(=O)Nc1ccc(Cl)cc1. The van der Waals surface area contributed by atoms with Gasteiger partial charge in [0.25, 0.3) is 0 Å². The topological polar surface area (TPSA) is 32.3 Å². The minimum absolute atomic E-state index is 0.0797. The standard InChI is InChI=1S/C14H19ClN2O/c1-17-9-3-2-4-13(17)10-14(18)16-12-7-5-11(15)6-8-12/h5-8,13H,2-4,9-10H2,1H3,(H,16,18). The highest BCUT2D eigenvalue weighted by Gasteiger charge is 2.21. The Labute approximate surface area is 113 Å². The normalized spacial score (nSPS) is 20.7. The first-order valence-electron chi connectivity index (χ1n) is 6.41. The molecule has 1 unspecified atom stereocenters. The Hall–Kier alpha value is -1.06. The van der Waals surface area contributed by atoms with Crippen LogP contribution >= 0.6 is 11.6 Å². The molecule has 0 saturated carbocycles. The van der Waals surface area contributed by atoms with Gasteiger partial charge in [0.15, 0.2) is 0 Å². The van der Waals surface area contributed by atoms with Gasteiger partial charge in [-0.25, -0.2) is 0 Å². The molecule has 4 heteroatoms. The van der Waals surface area contributed by atoms with Gasteiger partial charge in [0.05, 0.1) is 0 Å². The van der Waals surface area contributed by atoms with Crippen LogP contribution in [0.2, 0.25) is 5.02 Å². The van der Waals surface area contributed by atoms with Crippen molar-refractivity contribution in [1.29, 1.82) is 0 Å². The molecule has 0 radical (unpaired) electrons. The molecule has 1 saturated heterocycles. The molecule has 0 aliphatic carbocycles. The van der Waals surface area contributed by atoms with Crippen molar-refractivity contribution in [2.45, 2.75) is 31.7 Å². The fraction of sp³-hybridized carbons (Fsp3) is 0.500. The summed E-state index contributed by atoms with van der Waals surface area (Å²) in [5.74, 6) is 0.0797. The van der Waals surface area contributed by atoms with Gasteiger partial charge in [-0.05, 0) is 50.7 Å². The van der Waals surface area contributed by atoms with Gasteiger partial charge in [-0.1, -0.05) is 18.0 Å². The van der Waals surface area contributed by atoms with Crippen LogP contribution in [0.1, 0.15) is 25.7 Å². The lowest BCUT2D eigenvalue weighted by molar-refractivity contribution is -0.117. The summed E-state index contributed by atoms with van der Waals surface area (Å²) in [5, 5.41) is 3.59. The van der Waals surface area contributed by atoms with Crippen LogP contribution in [0.25, 0.3) is 0 Å². The maximum absolute atomic E-state index is 11.9. The van der Waals surface area contributed by atoms with Gasteiger partial charge in [-0.2, -0.15) is 0 Å². The number of nitrogens with one attached hydrogen (secondary N) is 1. The van der Waals surface area contributed by atoms with Crippen LogP contribution in [-0.2, 0) is 4.79 Å². The van der Waals surface area contributed by atoms with E-state index in [1.165, 1.54) is 12.8 Å². The molecular formula is C14H19ClN2O. The van der Waals surface area contributed by atoms with E-state index in [1.54, 1.807) is 12.1 Å². The molecular weight excluding hydrogens is 248 g/mol. The van der Waals surface area contributed by atoms with Crippen LogP contribution in [-0.4, -0.2) is 30.4 Å². The van der Waals surface area contributed by atoms with Crippen LogP contribution in [0, 0.1) is 0 Å². The molecule has 0 aromatic heterocycles. The molecule has 1 N–H and O–H groups in total. The molecule has 0 spiro atoms. The van der Waals surface area contributed by atoms with Crippen LogP contribution in [0.15, 0.2) is 24.3 Å². The maximum atomic E-state index is 11.9. The number of hydrogen-bond donors (Lipinski definition) is 1. The zero-order chi connectivity index (χ0) is 13.0. The Bertz CT molecular complexity index is 405. The molecule has 98 valence electrons. The molecule has 1 heterocycles. The molecule has 1 amide bonds. The van der Waals surface area contributed by atoms with E-state index < -0.39 is 0 Å². The zero-order valence-electron chi connectivity index (χ0n) is 10.7. The summed E-state index contributed by atoms with van der Waals surface area (Å²) in [5.41, 5.74) is 0.808. The largest absolute Gasteiger partial charge is 0.326 e. The monoisotopic (exact) mass is 266 g/mol. The van der Waals surface area contributed by atoms with E-state index in [1.807, 2.05) is 12.1 Å². The lowest BCUT2D eigenvalue weighted by atomic mass is 10.00. The van der Waals surface area contributed by atoms with Gasteiger partial charge in [0, 0.05) is 23.2 Å². The van der Waals surface area contributed by atoms with Gasteiger partial charge in [-0.15, -0.1) is 0 Å². The molecule has 2 rings (SSSR count). The number of anilines is 1. The highest BCUT2D eigenvalue weighted by atomic mass is 35.5. The van der Waals surface area contributed by atoms with Crippen molar-refractivity contribution in [3.8, 4) is 0 Å². The predicted octanol–water partition coefficient (Wildman–Crippen LogP) is 3.15. The van der Waals surface area contributed by atoms with Gasteiger partial charge in [0.2, 0.25) is 5.91 Å². The Morgan fingerprint density at radius 2 is 2.11 bits per heavy atom. The average molecular weight is 267 g/mol. The molecule has 1 aliphatic heterocycles. The van der Waals surface area contributed by atoms with Crippen molar-refractivity contribution in [2.75, 3.05) is 18.9 Å². The highest BCUT2D eigenvalue weighted by Crippen LogP contribution is 2.19. The van der Waals surface area contributed by atoms with Gasteiger partial charge >= 0.3 is 0 Å². The number of piperidine rings is 1. The van der Waals surface area contributed by atoms with E-state index in [-0.39, 0.29) is 5.91 Å². The third-order valence-electron chi connectivity index (χ3n) is 3.47. The molecule has 18 heavy (non-hydrogen) atoms. The van der Waals surface area contributed by atoms with Crippen LogP contribution in [0.4, 0.5) is 5.69 Å². The van der Waals surface area contributed by atoms with Crippen molar-refractivity contribution >= 4 is 23.2 Å². The third kappa shape index (κ3) is 3.72. The number of nitrogens with zero attached hydrogens (tertiary/aromatic N) is 1. The van der Waals surface area contributed by atoms with Crippen LogP contribution in [0.5, 0.6) is 0 Å². The number of carbonyl (C=O) groups is 1. The van der Waals surface area contributed by atoms with Crippen molar-refractivity contribution in [3.63, 3.8) is 0 Å². The van der Waals surface area contributed by atoms with E-state index >= 15 is 0 Å². The zero-order valence-corrected chi connectivity index (χ0v) is 11.4. The van der Waals surface area contributed by atoms with Crippen molar-refractivity contribution < 1.29 is 4.79 Å². The van der Waals surface area contributed by atoms with E-state index in [0.29, 0.717) is 17.5 Å². The van der Waals surface area contributed by atoms with Crippen LogP contribution in [0.3, 0.4) is 0 Å². The molecule has 1 aliphatic rings. The van der Waals surface area contributed by atoms with Gasteiger partial charge < -0.3 is 10.2 Å². The number of halogens is 1. The number of benzene rings is 1. The summed E-state index contributed by atoms with van der Waals surface area (Å²) in [4.78, 5) is 14.2. The molecule has 1 fully saturated rings. The van der Waals surface area contributed by atoms with E-state index in [9.17, 15) is 4.79 Å². The number of hydrogen-bond acceptors (Lipinski definition) is 2. The lowest BCUT2D eigenvalue weighted by Crippen LogP contribution is -2.38. The fourth-order valence-corrected chi connectivity index (χ4v) is 2.49. The number of amides is 1. The van der Waals surface area contributed by atoms with Crippen molar-refractivity contribution in [3.05, 3.63) is 29.3 Å². The smallest absolute Gasteiger partial charge is 0.225 e. The minimum atomic E-state index is 0.0797. The van der Waals surface area contributed by atoms with E-state index in [0.717, 1.165) is 18.7 Å². The first kappa shape index (κ1) is 13.4. The highest BCUT2D eigenvalue weighted by molar-refractivity contribution is 6.30. The first-order chi connectivity index (χ1) is 8.65. The first-order valence-corrected chi connectivity index (χ1v) is 6.78. The van der Waals surface area contributed by atoms with E-state index in [4.69, 9.17) is 11.6 Å². The predicted molar refractivity (Wildman–Crippen MR) is 75.0 cm³/mol. The summed E-state index contributed by atoms with van der Waals surface area (Å²) < 4.78 is 0. The van der Waals surface area contributed by atoms with Crippen molar-refractivity contribution in [2.24, 2.45) is 0 Å². The second-order valence-electron chi connectivity index (χ2n) is 4.89. The average Bonchev–Trinajstić information content (AvgIpc) is 2.35. The summed E-state index contributed by atoms with van der Waals surface area (Å²) in [7, 11) is 2.10. The number of likely N-dealkylation sites (tertiary alicyclic amines) is 1. The second kappa shape index (κ2) is 6.21. The Kier molecular flexibility index (Phi) is 4.61. The quantitative estimate of drug-likeness (QED) is 0.912. The molecule has 0 bridgehead atoms. The van der Waals surface area contributed by atoms with Crippen LogP contribution < -0.4 is 5.32 Å². The lowest BCUT2D eigenvalue weighted by Gasteiger charge is -2.31.